The quantitative estimate of drug-likeness (QED) is 0.794. The summed E-state index contributed by atoms with van der Waals surface area (Å²) in [7, 11) is 2.09. The van der Waals surface area contributed by atoms with Crippen molar-refractivity contribution in [2.24, 2.45) is 5.92 Å². The Hall–Kier alpha value is -0.820. The average molecular weight is 203 g/mol. The Morgan fingerprint density at radius 2 is 1.80 bits per heavy atom. The topological polar surface area (TPSA) is 12.0 Å². The van der Waals surface area contributed by atoms with E-state index in [1.165, 1.54) is 36.0 Å². The van der Waals surface area contributed by atoms with Crippen LogP contribution in [0.25, 0.3) is 0 Å². The van der Waals surface area contributed by atoms with Gasteiger partial charge in [0.05, 0.1) is 0 Å². The summed E-state index contributed by atoms with van der Waals surface area (Å²) >= 11 is 0. The number of rotatable bonds is 3. The third-order valence-corrected chi connectivity index (χ3v) is 3.79. The van der Waals surface area contributed by atoms with E-state index in [1.807, 2.05) is 0 Å². The number of benzene rings is 1. The molecule has 1 atom stereocenters. The van der Waals surface area contributed by atoms with Crippen molar-refractivity contribution in [2.75, 3.05) is 7.05 Å². The highest BCUT2D eigenvalue weighted by Gasteiger charge is 2.28. The van der Waals surface area contributed by atoms with Gasteiger partial charge in [-0.1, -0.05) is 24.6 Å². The van der Waals surface area contributed by atoms with Crippen molar-refractivity contribution >= 4 is 0 Å². The van der Waals surface area contributed by atoms with Crippen LogP contribution in [0.4, 0.5) is 0 Å². The van der Waals surface area contributed by atoms with E-state index in [-0.39, 0.29) is 0 Å². The molecule has 0 saturated heterocycles. The normalized spacial score (nSPS) is 18.6. The van der Waals surface area contributed by atoms with Gasteiger partial charge in [0.25, 0.3) is 0 Å². The largest absolute Gasteiger partial charge is 0.313 e. The summed E-state index contributed by atoms with van der Waals surface area (Å²) in [5.74, 6) is 0.856. The second-order valence-electron chi connectivity index (χ2n) is 4.76. The SMILES string of the molecule is CNC(c1c(C)cccc1C)C1CCC1. The molecule has 0 spiro atoms. The van der Waals surface area contributed by atoms with Crippen LogP contribution in [0.1, 0.15) is 42.0 Å². The lowest BCUT2D eigenvalue weighted by Crippen LogP contribution is -2.30. The molecule has 82 valence electrons. The zero-order valence-electron chi connectivity index (χ0n) is 10.0. The van der Waals surface area contributed by atoms with E-state index < -0.39 is 0 Å². The molecular weight excluding hydrogens is 182 g/mol. The second kappa shape index (κ2) is 4.36. The van der Waals surface area contributed by atoms with Crippen LogP contribution in [0.5, 0.6) is 0 Å². The summed E-state index contributed by atoms with van der Waals surface area (Å²) < 4.78 is 0. The predicted octanol–water partition coefficient (Wildman–Crippen LogP) is 3.36. The first-order valence-corrected chi connectivity index (χ1v) is 5.97. The van der Waals surface area contributed by atoms with Gasteiger partial charge in [-0.15, -0.1) is 0 Å². The standard InChI is InChI=1S/C14H21N/c1-10-6-4-7-11(2)13(10)14(15-3)12-8-5-9-12/h4,6-7,12,14-15H,5,8-9H2,1-3H3. The highest BCUT2D eigenvalue weighted by atomic mass is 14.9. The molecule has 1 nitrogen and oxygen atoms in total. The average Bonchev–Trinajstić information content (AvgIpc) is 2.12. The maximum Gasteiger partial charge on any atom is 0.0351 e. The first-order valence-electron chi connectivity index (χ1n) is 5.97. The van der Waals surface area contributed by atoms with E-state index in [0.717, 1.165) is 5.92 Å². The Balaban J connectivity index is 2.32. The van der Waals surface area contributed by atoms with Crippen LogP contribution < -0.4 is 5.32 Å². The third-order valence-electron chi connectivity index (χ3n) is 3.79. The molecule has 1 N–H and O–H groups in total. The van der Waals surface area contributed by atoms with Gasteiger partial charge in [-0.05, 0) is 56.3 Å². The van der Waals surface area contributed by atoms with Gasteiger partial charge >= 0.3 is 0 Å². The summed E-state index contributed by atoms with van der Waals surface area (Å²) in [6.07, 6.45) is 4.19. The summed E-state index contributed by atoms with van der Waals surface area (Å²) in [6, 6.07) is 7.18. The van der Waals surface area contributed by atoms with Crippen molar-refractivity contribution in [3.63, 3.8) is 0 Å². The van der Waals surface area contributed by atoms with Gasteiger partial charge in [-0.2, -0.15) is 0 Å². The van der Waals surface area contributed by atoms with E-state index >= 15 is 0 Å². The molecule has 1 aromatic carbocycles. The van der Waals surface area contributed by atoms with E-state index in [9.17, 15) is 0 Å². The lowest BCUT2D eigenvalue weighted by Gasteiger charge is -2.35. The third kappa shape index (κ3) is 1.93. The zero-order valence-corrected chi connectivity index (χ0v) is 10.0. The summed E-state index contributed by atoms with van der Waals surface area (Å²) in [6.45, 7) is 4.46. The molecule has 0 aliphatic heterocycles. The summed E-state index contributed by atoms with van der Waals surface area (Å²) in [5.41, 5.74) is 4.40. The summed E-state index contributed by atoms with van der Waals surface area (Å²) in [4.78, 5) is 0. The molecule has 1 unspecified atom stereocenters. The maximum absolute atomic E-state index is 3.50. The van der Waals surface area contributed by atoms with E-state index in [2.05, 4.69) is 44.4 Å². The molecule has 1 aromatic rings. The fourth-order valence-electron chi connectivity index (χ4n) is 2.71. The van der Waals surface area contributed by atoms with Gasteiger partial charge in [-0.25, -0.2) is 0 Å². The Labute approximate surface area is 92.9 Å². The van der Waals surface area contributed by atoms with Gasteiger partial charge in [0.2, 0.25) is 0 Å². The van der Waals surface area contributed by atoms with Crippen molar-refractivity contribution in [1.82, 2.24) is 5.32 Å². The molecule has 1 aliphatic rings. The van der Waals surface area contributed by atoms with Crippen LogP contribution in [0.15, 0.2) is 18.2 Å². The molecule has 0 radical (unpaired) electrons. The maximum atomic E-state index is 3.50. The van der Waals surface area contributed by atoms with Crippen molar-refractivity contribution in [3.8, 4) is 0 Å². The van der Waals surface area contributed by atoms with Crippen molar-refractivity contribution < 1.29 is 0 Å². The van der Waals surface area contributed by atoms with Gasteiger partial charge in [-0.3, -0.25) is 0 Å². The number of hydrogen-bond donors (Lipinski definition) is 1. The smallest absolute Gasteiger partial charge is 0.0351 e. The van der Waals surface area contributed by atoms with Crippen molar-refractivity contribution in [2.45, 2.75) is 39.2 Å². The molecule has 15 heavy (non-hydrogen) atoms. The Morgan fingerprint density at radius 3 is 2.20 bits per heavy atom. The highest BCUT2D eigenvalue weighted by molar-refractivity contribution is 5.36. The van der Waals surface area contributed by atoms with Crippen molar-refractivity contribution in [3.05, 3.63) is 34.9 Å². The van der Waals surface area contributed by atoms with Crippen LogP contribution in [-0.2, 0) is 0 Å². The first-order chi connectivity index (χ1) is 7.24. The molecule has 0 bridgehead atoms. The minimum absolute atomic E-state index is 0.569. The molecule has 1 fully saturated rings. The van der Waals surface area contributed by atoms with E-state index in [4.69, 9.17) is 0 Å². The van der Waals surface area contributed by atoms with Crippen LogP contribution in [-0.4, -0.2) is 7.05 Å². The molecule has 1 aliphatic carbocycles. The number of aryl methyl sites for hydroxylation is 2. The van der Waals surface area contributed by atoms with Crippen molar-refractivity contribution in [1.29, 1.82) is 0 Å². The molecule has 0 amide bonds. The number of hydrogen-bond acceptors (Lipinski definition) is 1. The van der Waals surface area contributed by atoms with Crippen LogP contribution in [0.2, 0.25) is 0 Å². The van der Waals surface area contributed by atoms with Gasteiger partial charge in [0.15, 0.2) is 0 Å². The molecule has 0 aromatic heterocycles. The fourth-order valence-corrected chi connectivity index (χ4v) is 2.71. The molecule has 2 rings (SSSR count). The predicted molar refractivity (Wildman–Crippen MR) is 65.1 cm³/mol. The number of nitrogens with one attached hydrogen (secondary N) is 1. The summed E-state index contributed by atoms with van der Waals surface area (Å²) in [5, 5.41) is 3.50. The minimum atomic E-state index is 0.569. The second-order valence-corrected chi connectivity index (χ2v) is 4.76. The Bertz CT molecular complexity index is 319. The molecule has 1 heteroatoms. The monoisotopic (exact) mass is 203 g/mol. The van der Waals surface area contributed by atoms with Crippen LogP contribution in [0, 0.1) is 19.8 Å². The molecular formula is C14H21N. The van der Waals surface area contributed by atoms with E-state index in [1.54, 1.807) is 0 Å². The van der Waals surface area contributed by atoms with Gasteiger partial charge in [0, 0.05) is 6.04 Å². The zero-order chi connectivity index (χ0) is 10.8. The molecule has 0 heterocycles. The van der Waals surface area contributed by atoms with Gasteiger partial charge < -0.3 is 5.32 Å². The molecule has 1 saturated carbocycles. The highest BCUT2D eigenvalue weighted by Crippen LogP contribution is 2.39. The van der Waals surface area contributed by atoms with E-state index in [0.29, 0.717) is 6.04 Å². The Morgan fingerprint density at radius 1 is 1.20 bits per heavy atom. The first kappa shape index (κ1) is 10.7. The lowest BCUT2D eigenvalue weighted by molar-refractivity contribution is 0.238. The van der Waals surface area contributed by atoms with Crippen LogP contribution >= 0.6 is 0 Å². The minimum Gasteiger partial charge on any atom is -0.313 e. The Kier molecular flexibility index (Phi) is 3.11. The fraction of sp³-hybridized carbons (Fsp3) is 0.571. The van der Waals surface area contributed by atoms with Crippen LogP contribution in [0.3, 0.4) is 0 Å². The van der Waals surface area contributed by atoms with Gasteiger partial charge in [0.1, 0.15) is 0 Å². The lowest BCUT2D eigenvalue weighted by atomic mass is 9.75.